The first-order valence-corrected chi connectivity index (χ1v) is 6.74. The number of carbonyl (C=O) groups excluding carboxylic acids is 2. The molecule has 1 heterocycles. The lowest BCUT2D eigenvalue weighted by Gasteiger charge is -2.20. The highest BCUT2D eigenvalue weighted by molar-refractivity contribution is 5.86. The topological polar surface area (TPSA) is 113 Å². The van der Waals surface area contributed by atoms with Crippen LogP contribution in [-0.2, 0) is 11.2 Å². The van der Waals surface area contributed by atoms with Gasteiger partial charge in [0.05, 0.1) is 6.20 Å². The second-order valence-corrected chi connectivity index (χ2v) is 5.15. The van der Waals surface area contributed by atoms with E-state index in [1.807, 2.05) is 20.8 Å². The van der Waals surface area contributed by atoms with Crippen molar-refractivity contribution in [3.8, 4) is 0 Å². The van der Waals surface area contributed by atoms with Crippen molar-refractivity contribution < 1.29 is 9.59 Å². The van der Waals surface area contributed by atoms with Crippen LogP contribution in [0, 0.1) is 12.8 Å². The van der Waals surface area contributed by atoms with Crippen molar-refractivity contribution in [3.05, 3.63) is 17.5 Å². The van der Waals surface area contributed by atoms with Gasteiger partial charge in [-0.05, 0) is 31.2 Å². The second-order valence-electron chi connectivity index (χ2n) is 5.15. The summed E-state index contributed by atoms with van der Waals surface area (Å²) in [6.45, 7) is 6.23. The fourth-order valence-corrected chi connectivity index (χ4v) is 1.92. The Kier molecular flexibility index (Phi) is 6.02. The molecule has 7 nitrogen and oxygen atoms in total. The van der Waals surface area contributed by atoms with Crippen molar-refractivity contribution in [1.82, 2.24) is 20.8 Å². The van der Waals surface area contributed by atoms with E-state index in [2.05, 4.69) is 20.8 Å². The molecule has 0 saturated carbocycles. The third kappa shape index (κ3) is 4.91. The highest BCUT2D eigenvalue weighted by atomic mass is 16.2. The number of hydrogen-bond donors (Lipinski definition) is 4. The van der Waals surface area contributed by atoms with Crippen LogP contribution >= 0.6 is 0 Å². The number of H-pyrrole nitrogens is 1. The van der Waals surface area contributed by atoms with Gasteiger partial charge in [0.25, 0.3) is 0 Å². The summed E-state index contributed by atoms with van der Waals surface area (Å²) in [5, 5.41) is 12.1. The molecule has 0 saturated heterocycles. The van der Waals surface area contributed by atoms with Gasteiger partial charge in [-0.25, -0.2) is 4.79 Å². The molecule has 0 aliphatic carbocycles. The van der Waals surface area contributed by atoms with Crippen LogP contribution in [-0.4, -0.2) is 34.7 Å². The van der Waals surface area contributed by atoms with Crippen LogP contribution in [0.25, 0.3) is 0 Å². The lowest BCUT2D eigenvalue weighted by molar-refractivity contribution is -0.123. The second kappa shape index (κ2) is 7.52. The number of nitrogens with two attached hydrogens (primary N) is 1. The number of aryl methyl sites for hydroxylation is 2. The third-order valence-electron chi connectivity index (χ3n) is 3.10. The maximum absolute atomic E-state index is 11.9. The van der Waals surface area contributed by atoms with E-state index in [0.717, 1.165) is 24.1 Å². The van der Waals surface area contributed by atoms with Crippen molar-refractivity contribution in [2.45, 2.75) is 39.7 Å². The molecule has 0 spiro atoms. The molecule has 1 unspecified atom stereocenters. The maximum atomic E-state index is 11.9. The Hall–Kier alpha value is -2.05. The molecule has 112 valence electrons. The maximum Gasteiger partial charge on any atom is 0.312 e. The molecule has 20 heavy (non-hydrogen) atoms. The minimum Gasteiger partial charge on any atom is -0.354 e. The lowest BCUT2D eigenvalue weighted by atomic mass is 10.0. The average Bonchev–Trinajstić information content (AvgIpc) is 2.76. The van der Waals surface area contributed by atoms with E-state index >= 15 is 0 Å². The van der Waals surface area contributed by atoms with Crippen LogP contribution in [0.4, 0.5) is 4.79 Å². The summed E-state index contributed by atoms with van der Waals surface area (Å²) in [6.07, 6.45) is 3.45. The lowest BCUT2D eigenvalue weighted by Crippen LogP contribution is -2.51. The van der Waals surface area contributed by atoms with Crippen LogP contribution in [0.15, 0.2) is 6.20 Å². The Balaban J connectivity index is 2.34. The number of hydrogen-bond acceptors (Lipinski definition) is 3. The number of carbonyl (C=O) groups is 2. The molecule has 0 aliphatic rings. The highest BCUT2D eigenvalue weighted by Gasteiger charge is 2.22. The van der Waals surface area contributed by atoms with E-state index < -0.39 is 12.1 Å². The molecule has 1 aromatic rings. The summed E-state index contributed by atoms with van der Waals surface area (Å²) in [4.78, 5) is 22.8. The molecular weight excluding hydrogens is 258 g/mol. The SMILES string of the molecule is Cc1[nH]ncc1CCCNC(=O)C(NC(N)=O)C(C)C. The Bertz CT molecular complexity index is 455. The van der Waals surface area contributed by atoms with Crippen molar-refractivity contribution in [3.63, 3.8) is 0 Å². The zero-order valence-corrected chi connectivity index (χ0v) is 12.2. The van der Waals surface area contributed by atoms with Crippen molar-refractivity contribution in [1.29, 1.82) is 0 Å². The average molecular weight is 281 g/mol. The van der Waals surface area contributed by atoms with E-state index in [1.54, 1.807) is 6.20 Å². The number of aromatic amines is 1. The predicted octanol–water partition coefficient (Wildman–Crippen LogP) is 0.460. The third-order valence-corrected chi connectivity index (χ3v) is 3.10. The van der Waals surface area contributed by atoms with Gasteiger partial charge in [-0.1, -0.05) is 13.8 Å². The first-order valence-electron chi connectivity index (χ1n) is 6.74. The first kappa shape index (κ1) is 16.0. The van der Waals surface area contributed by atoms with Gasteiger partial charge in [0.1, 0.15) is 6.04 Å². The molecule has 0 bridgehead atoms. The van der Waals surface area contributed by atoms with Crippen LogP contribution in [0.2, 0.25) is 0 Å². The van der Waals surface area contributed by atoms with Gasteiger partial charge < -0.3 is 16.4 Å². The van der Waals surface area contributed by atoms with Crippen LogP contribution in [0.3, 0.4) is 0 Å². The summed E-state index contributed by atoms with van der Waals surface area (Å²) in [5.41, 5.74) is 7.26. The van der Waals surface area contributed by atoms with E-state index in [4.69, 9.17) is 5.73 Å². The van der Waals surface area contributed by atoms with Gasteiger partial charge in [-0.2, -0.15) is 5.10 Å². The van der Waals surface area contributed by atoms with Crippen molar-refractivity contribution in [2.24, 2.45) is 11.7 Å². The zero-order valence-electron chi connectivity index (χ0n) is 12.2. The first-order chi connectivity index (χ1) is 9.41. The van der Waals surface area contributed by atoms with Gasteiger partial charge in [0.2, 0.25) is 5.91 Å². The van der Waals surface area contributed by atoms with E-state index in [1.165, 1.54) is 0 Å². The predicted molar refractivity (Wildman–Crippen MR) is 76.0 cm³/mol. The molecule has 1 atom stereocenters. The van der Waals surface area contributed by atoms with Gasteiger partial charge >= 0.3 is 6.03 Å². The van der Waals surface area contributed by atoms with E-state index in [9.17, 15) is 9.59 Å². The Labute approximate surface area is 118 Å². The summed E-state index contributed by atoms with van der Waals surface area (Å²) in [5.74, 6) is -0.221. The number of nitrogens with zero attached hydrogens (tertiary/aromatic N) is 1. The molecule has 0 radical (unpaired) electrons. The number of primary amides is 1. The fraction of sp³-hybridized carbons (Fsp3) is 0.615. The largest absolute Gasteiger partial charge is 0.354 e. The quantitative estimate of drug-likeness (QED) is 0.544. The summed E-state index contributed by atoms with van der Waals surface area (Å²) < 4.78 is 0. The van der Waals surface area contributed by atoms with Gasteiger partial charge in [0.15, 0.2) is 0 Å². The minimum absolute atomic E-state index is 0.0152. The van der Waals surface area contributed by atoms with Gasteiger partial charge in [-0.3, -0.25) is 9.89 Å². The Morgan fingerprint density at radius 3 is 2.65 bits per heavy atom. The number of urea groups is 1. The molecule has 3 amide bonds. The van der Waals surface area contributed by atoms with E-state index in [-0.39, 0.29) is 11.8 Å². The molecule has 1 aromatic heterocycles. The summed E-state index contributed by atoms with van der Waals surface area (Å²) in [6, 6.07) is -1.28. The number of amides is 3. The highest BCUT2D eigenvalue weighted by Crippen LogP contribution is 2.05. The Morgan fingerprint density at radius 2 is 2.15 bits per heavy atom. The number of rotatable bonds is 7. The zero-order chi connectivity index (χ0) is 15.1. The normalized spacial score (nSPS) is 12.2. The van der Waals surface area contributed by atoms with Crippen LogP contribution in [0.1, 0.15) is 31.5 Å². The monoisotopic (exact) mass is 281 g/mol. The fourth-order valence-electron chi connectivity index (χ4n) is 1.92. The molecular formula is C13H23N5O2. The van der Waals surface area contributed by atoms with Crippen molar-refractivity contribution >= 4 is 11.9 Å². The molecule has 0 aromatic carbocycles. The van der Waals surface area contributed by atoms with Crippen molar-refractivity contribution in [2.75, 3.05) is 6.54 Å². The number of nitrogens with one attached hydrogen (secondary N) is 3. The summed E-state index contributed by atoms with van der Waals surface area (Å²) in [7, 11) is 0. The number of aromatic nitrogens is 2. The van der Waals surface area contributed by atoms with Crippen LogP contribution < -0.4 is 16.4 Å². The minimum atomic E-state index is -0.687. The van der Waals surface area contributed by atoms with Crippen LogP contribution in [0.5, 0.6) is 0 Å². The standard InChI is InChI=1S/C13H23N5O2/c1-8(2)11(17-13(14)20)12(19)15-6-4-5-10-7-16-18-9(10)3/h7-8,11H,4-6H2,1-3H3,(H,15,19)(H,16,18)(H3,14,17,20). The molecule has 5 N–H and O–H groups in total. The van der Waals surface area contributed by atoms with E-state index in [0.29, 0.717) is 6.54 Å². The summed E-state index contributed by atoms with van der Waals surface area (Å²) >= 11 is 0. The smallest absolute Gasteiger partial charge is 0.312 e. The van der Waals surface area contributed by atoms with Gasteiger partial charge in [-0.15, -0.1) is 0 Å². The molecule has 0 fully saturated rings. The molecule has 1 rings (SSSR count). The molecule has 7 heteroatoms. The Morgan fingerprint density at radius 1 is 1.45 bits per heavy atom. The van der Waals surface area contributed by atoms with Gasteiger partial charge in [0, 0.05) is 12.2 Å². The molecule has 0 aliphatic heterocycles.